The fourth-order valence-corrected chi connectivity index (χ4v) is 5.94. The highest BCUT2D eigenvalue weighted by atomic mass is 19.4. The lowest BCUT2D eigenvalue weighted by Crippen LogP contribution is -2.56. The van der Waals surface area contributed by atoms with E-state index < -0.39 is 53.5 Å². The molecule has 0 bridgehead atoms. The lowest BCUT2D eigenvalue weighted by molar-refractivity contribution is -0.212. The van der Waals surface area contributed by atoms with E-state index in [0.29, 0.717) is 24.0 Å². The van der Waals surface area contributed by atoms with Crippen molar-refractivity contribution in [2.24, 2.45) is 0 Å². The Bertz CT molecular complexity index is 1870. The molecule has 6 rings (SSSR count). The third-order valence-electron chi connectivity index (χ3n) is 8.10. The van der Waals surface area contributed by atoms with Crippen molar-refractivity contribution >= 4 is 23.5 Å². The summed E-state index contributed by atoms with van der Waals surface area (Å²) in [5.74, 6) is -3.85. The van der Waals surface area contributed by atoms with Crippen LogP contribution < -0.4 is 15.5 Å². The Hall–Kier alpha value is -5.56. The number of piperazine rings is 1. The number of halogens is 4. The van der Waals surface area contributed by atoms with Gasteiger partial charge in [-0.1, -0.05) is 30.3 Å². The number of hydrogen-bond donors (Lipinski definition) is 2. The number of alkyl halides is 3. The summed E-state index contributed by atoms with van der Waals surface area (Å²) in [5.41, 5.74) is 0.335. The quantitative estimate of drug-likeness (QED) is 0.306. The number of rotatable bonds is 6. The first-order valence-corrected chi connectivity index (χ1v) is 14.6. The highest BCUT2D eigenvalue weighted by Crippen LogP contribution is 2.44. The van der Waals surface area contributed by atoms with Gasteiger partial charge in [0.1, 0.15) is 29.4 Å². The summed E-state index contributed by atoms with van der Waals surface area (Å²) < 4.78 is 55.0. The molecule has 2 aromatic heterocycles. The lowest BCUT2D eigenvalue weighted by Gasteiger charge is -2.38. The summed E-state index contributed by atoms with van der Waals surface area (Å²) in [5, 5.41) is 23.5. The van der Waals surface area contributed by atoms with Crippen molar-refractivity contribution in [2.45, 2.75) is 31.2 Å². The molecule has 12 nitrogen and oxygen atoms in total. The van der Waals surface area contributed by atoms with Gasteiger partial charge in [-0.25, -0.2) is 9.07 Å². The van der Waals surface area contributed by atoms with E-state index in [1.54, 1.807) is 37.3 Å². The van der Waals surface area contributed by atoms with Gasteiger partial charge < -0.3 is 15.5 Å². The first-order chi connectivity index (χ1) is 22.5. The Labute approximate surface area is 265 Å². The van der Waals surface area contributed by atoms with Gasteiger partial charge in [0.15, 0.2) is 5.69 Å². The zero-order chi connectivity index (χ0) is 33.5. The number of nitriles is 1. The van der Waals surface area contributed by atoms with Crippen molar-refractivity contribution in [3.8, 4) is 11.8 Å². The van der Waals surface area contributed by atoms with Crippen LogP contribution in [0.1, 0.15) is 44.9 Å². The number of benzene rings is 2. The SMILES string of the molecule is CCN1C(=O)[C@@H](NC(=O)c2ccn(C(F)(F)F)n2)[C@@H](c2ccc(F)cc2)c2c(C(=O)N3CCNCC3C#N)nn(-c3ccccc3)c21. The number of carbonyl (C=O) groups excluding carboxylic acids is 3. The molecular formula is C31H27F4N9O3. The van der Waals surface area contributed by atoms with Crippen LogP contribution in [0.15, 0.2) is 66.9 Å². The minimum absolute atomic E-state index is 0.0532. The molecule has 0 radical (unpaired) electrons. The zero-order valence-electron chi connectivity index (χ0n) is 24.8. The molecule has 2 N–H and O–H groups in total. The first-order valence-electron chi connectivity index (χ1n) is 14.6. The molecule has 0 aliphatic carbocycles. The Balaban J connectivity index is 1.56. The van der Waals surface area contributed by atoms with Gasteiger partial charge >= 0.3 is 6.30 Å². The van der Waals surface area contributed by atoms with Gasteiger partial charge in [0, 0.05) is 43.9 Å². The number of hydrogen-bond acceptors (Lipinski definition) is 7. The van der Waals surface area contributed by atoms with Crippen LogP contribution in [0.4, 0.5) is 23.4 Å². The molecule has 1 fully saturated rings. The zero-order valence-corrected chi connectivity index (χ0v) is 24.8. The summed E-state index contributed by atoms with van der Waals surface area (Å²) in [6, 6.07) is 14.5. The lowest BCUT2D eigenvalue weighted by atomic mass is 9.80. The minimum atomic E-state index is -4.88. The molecule has 0 saturated carbocycles. The predicted molar refractivity (Wildman–Crippen MR) is 158 cm³/mol. The standard InChI is InChI=1S/C31H27F4N9O3/c1-2-41-28-24(26(40-44(28)20-6-4-3-5-7-20)30(47)42-15-13-37-17-21(42)16-36)23(18-8-10-19(32)11-9-18)25(29(41)46)38-27(45)22-12-14-43(39-22)31(33,34)35/h3-12,14,21,23,25,37H,2,13,15,17H2,1H3,(H,38,45)/t21?,23-,25-/m0/s1. The molecule has 2 aliphatic rings. The fourth-order valence-electron chi connectivity index (χ4n) is 5.94. The Kier molecular flexibility index (Phi) is 8.24. The van der Waals surface area contributed by atoms with Gasteiger partial charge in [0.05, 0.1) is 11.8 Å². The third-order valence-corrected chi connectivity index (χ3v) is 8.10. The van der Waals surface area contributed by atoms with Gasteiger partial charge in [0.2, 0.25) is 0 Å². The summed E-state index contributed by atoms with van der Waals surface area (Å²) in [4.78, 5) is 44.7. The molecule has 2 aromatic carbocycles. The normalized spacial score (nSPS) is 19.7. The average molecular weight is 650 g/mol. The van der Waals surface area contributed by atoms with Crippen molar-refractivity contribution in [3.63, 3.8) is 0 Å². The summed E-state index contributed by atoms with van der Waals surface area (Å²) in [7, 11) is 0. The average Bonchev–Trinajstić information content (AvgIpc) is 3.73. The predicted octanol–water partition coefficient (Wildman–Crippen LogP) is 2.92. The number of nitrogens with zero attached hydrogens (tertiary/aromatic N) is 7. The second-order valence-electron chi connectivity index (χ2n) is 10.9. The highest BCUT2D eigenvalue weighted by Gasteiger charge is 2.48. The molecule has 4 heterocycles. The van der Waals surface area contributed by atoms with E-state index in [1.807, 2.05) is 0 Å². The third kappa shape index (κ3) is 5.69. The molecule has 47 heavy (non-hydrogen) atoms. The number of anilines is 1. The molecule has 3 atom stereocenters. The number of para-hydroxylation sites is 1. The number of aromatic nitrogens is 4. The van der Waals surface area contributed by atoms with Crippen molar-refractivity contribution in [1.82, 2.24) is 35.1 Å². The van der Waals surface area contributed by atoms with Crippen LogP contribution in [-0.2, 0) is 11.1 Å². The maximum atomic E-state index is 14.3. The van der Waals surface area contributed by atoms with Crippen molar-refractivity contribution in [1.29, 1.82) is 5.26 Å². The van der Waals surface area contributed by atoms with E-state index >= 15 is 0 Å². The number of amides is 3. The molecule has 16 heteroatoms. The molecule has 2 aliphatic heterocycles. The minimum Gasteiger partial charge on any atom is -0.338 e. The Morgan fingerprint density at radius 2 is 1.81 bits per heavy atom. The van der Waals surface area contributed by atoms with Gasteiger partial charge in [-0.15, -0.1) is 13.2 Å². The fraction of sp³-hybridized carbons (Fsp3) is 0.290. The van der Waals surface area contributed by atoms with Gasteiger partial charge in [-0.3, -0.25) is 19.3 Å². The molecule has 1 unspecified atom stereocenters. The van der Waals surface area contributed by atoms with E-state index in [4.69, 9.17) is 5.10 Å². The number of fused-ring (bicyclic) bond motifs is 1. The Morgan fingerprint density at radius 1 is 1.09 bits per heavy atom. The van der Waals surface area contributed by atoms with Crippen molar-refractivity contribution in [2.75, 3.05) is 31.1 Å². The summed E-state index contributed by atoms with van der Waals surface area (Å²) >= 11 is 0. The van der Waals surface area contributed by atoms with Crippen LogP contribution in [0.3, 0.4) is 0 Å². The maximum absolute atomic E-state index is 14.3. The second-order valence-corrected chi connectivity index (χ2v) is 10.9. The van der Waals surface area contributed by atoms with Crippen molar-refractivity contribution < 1.29 is 31.9 Å². The van der Waals surface area contributed by atoms with E-state index in [9.17, 15) is 37.2 Å². The summed E-state index contributed by atoms with van der Waals surface area (Å²) in [6.45, 7) is 2.54. The number of likely N-dealkylation sites (N-methyl/N-ethyl adjacent to an activating group) is 1. The van der Waals surface area contributed by atoms with Crippen LogP contribution in [0.25, 0.3) is 5.69 Å². The maximum Gasteiger partial charge on any atom is 0.504 e. The largest absolute Gasteiger partial charge is 0.504 e. The van der Waals surface area contributed by atoms with Gasteiger partial charge in [0.25, 0.3) is 17.7 Å². The van der Waals surface area contributed by atoms with Crippen LogP contribution in [0.2, 0.25) is 0 Å². The van der Waals surface area contributed by atoms with Crippen LogP contribution >= 0.6 is 0 Å². The van der Waals surface area contributed by atoms with Gasteiger partial charge in [-0.2, -0.15) is 20.1 Å². The smallest absolute Gasteiger partial charge is 0.338 e. The monoisotopic (exact) mass is 649 g/mol. The number of nitrogens with one attached hydrogen (secondary N) is 2. The van der Waals surface area contributed by atoms with E-state index in [2.05, 4.69) is 21.8 Å². The molecule has 4 aromatic rings. The molecular weight excluding hydrogens is 622 g/mol. The molecule has 1 saturated heterocycles. The van der Waals surface area contributed by atoms with E-state index in [-0.39, 0.29) is 41.4 Å². The van der Waals surface area contributed by atoms with Crippen LogP contribution in [-0.4, -0.2) is 80.4 Å². The van der Waals surface area contributed by atoms with E-state index in [1.165, 1.54) is 26.6 Å². The summed E-state index contributed by atoms with van der Waals surface area (Å²) in [6.07, 6.45) is -4.30. The molecule has 3 amide bonds. The topological polar surface area (TPSA) is 141 Å². The van der Waals surface area contributed by atoms with Crippen molar-refractivity contribution in [3.05, 3.63) is 95.2 Å². The second kappa shape index (κ2) is 12.3. The Morgan fingerprint density at radius 3 is 2.45 bits per heavy atom. The first kappa shape index (κ1) is 31.4. The van der Waals surface area contributed by atoms with E-state index in [0.717, 1.165) is 18.2 Å². The van der Waals surface area contributed by atoms with Crippen LogP contribution in [0.5, 0.6) is 0 Å². The molecule has 242 valence electrons. The van der Waals surface area contributed by atoms with Crippen LogP contribution in [0, 0.1) is 17.1 Å². The highest BCUT2D eigenvalue weighted by molar-refractivity contribution is 6.07. The molecule has 0 spiro atoms. The number of carbonyl (C=O) groups is 3. The van der Waals surface area contributed by atoms with Gasteiger partial charge in [-0.05, 0) is 42.8 Å².